The Labute approximate surface area is 101 Å². The molecule has 1 aliphatic rings. The molecule has 0 spiro atoms. The fourth-order valence-corrected chi connectivity index (χ4v) is 2.96. The number of nitrogen functional groups attached to an aromatic ring is 1. The largest absolute Gasteiger partial charge is 0.384 e. The van der Waals surface area contributed by atoms with Crippen molar-refractivity contribution in [3.05, 3.63) is 18.2 Å². The molecular formula is C12H19N3S. The van der Waals surface area contributed by atoms with Gasteiger partial charge in [0, 0.05) is 23.6 Å². The first-order chi connectivity index (χ1) is 7.57. The molecule has 0 unspecified atom stereocenters. The van der Waals surface area contributed by atoms with E-state index in [0.29, 0.717) is 10.6 Å². The predicted molar refractivity (Wildman–Crippen MR) is 72.0 cm³/mol. The molecule has 2 rings (SSSR count). The van der Waals surface area contributed by atoms with Crippen LogP contribution in [0.4, 0.5) is 11.6 Å². The molecule has 0 saturated carbocycles. The molecule has 1 aliphatic heterocycles. The first-order valence-electron chi connectivity index (χ1n) is 5.68. The van der Waals surface area contributed by atoms with Crippen LogP contribution in [0, 0.1) is 0 Å². The van der Waals surface area contributed by atoms with E-state index in [9.17, 15) is 0 Å². The number of aromatic nitrogens is 1. The fraction of sp³-hybridized carbons (Fsp3) is 0.583. The lowest BCUT2D eigenvalue weighted by atomic mass is 10.1. The van der Waals surface area contributed by atoms with Crippen LogP contribution in [0.3, 0.4) is 0 Å². The van der Waals surface area contributed by atoms with Crippen molar-refractivity contribution in [3.8, 4) is 0 Å². The summed E-state index contributed by atoms with van der Waals surface area (Å²) in [6, 6.07) is 5.85. The molecule has 3 nitrogen and oxygen atoms in total. The van der Waals surface area contributed by atoms with E-state index in [2.05, 4.69) is 23.7 Å². The monoisotopic (exact) mass is 237 g/mol. The van der Waals surface area contributed by atoms with Crippen molar-refractivity contribution in [2.75, 3.05) is 29.5 Å². The van der Waals surface area contributed by atoms with Crippen LogP contribution in [0.25, 0.3) is 0 Å². The van der Waals surface area contributed by atoms with Gasteiger partial charge in [-0.3, -0.25) is 0 Å². The maximum absolute atomic E-state index is 5.71. The summed E-state index contributed by atoms with van der Waals surface area (Å²) in [5, 5.41) is 0. The standard InChI is InChI=1S/C12H19N3S/c1-12(2)6-7-15(8-9-16-12)11-5-3-4-10(13)14-11/h3-5H,6-9H2,1-2H3,(H2,13,14). The molecule has 0 amide bonds. The van der Waals surface area contributed by atoms with Gasteiger partial charge in [-0.25, -0.2) is 4.98 Å². The maximum Gasteiger partial charge on any atom is 0.130 e. The van der Waals surface area contributed by atoms with E-state index in [4.69, 9.17) is 5.73 Å². The van der Waals surface area contributed by atoms with E-state index in [-0.39, 0.29) is 0 Å². The summed E-state index contributed by atoms with van der Waals surface area (Å²) in [4.78, 5) is 6.71. The van der Waals surface area contributed by atoms with E-state index >= 15 is 0 Å². The van der Waals surface area contributed by atoms with Crippen LogP contribution in [-0.4, -0.2) is 28.6 Å². The molecule has 1 saturated heterocycles. The third kappa shape index (κ3) is 2.82. The van der Waals surface area contributed by atoms with Gasteiger partial charge in [-0.2, -0.15) is 11.8 Å². The lowest BCUT2D eigenvalue weighted by Gasteiger charge is -2.23. The van der Waals surface area contributed by atoms with Gasteiger partial charge >= 0.3 is 0 Å². The number of hydrogen-bond donors (Lipinski definition) is 1. The average Bonchev–Trinajstić information content (AvgIpc) is 2.39. The third-order valence-corrected chi connectivity index (χ3v) is 4.29. The highest BCUT2D eigenvalue weighted by Gasteiger charge is 2.24. The van der Waals surface area contributed by atoms with E-state index in [1.165, 1.54) is 6.42 Å². The molecule has 0 aliphatic carbocycles. The van der Waals surface area contributed by atoms with E-state index in [0.717, 1.165) is 24.7 Å². The summed E-state index contributed by atoms with van der Waals surface area (Å²) in [7, 11) is 0. The van der Waals surface area contributed by atoms with Crippen LogP contribution < -0.4 is 10.6 Å². The topological polar surface area (TPSA) is 42.1 Å². The van der Waals surface area contributed by atoms with Gasteiger partial charge in [0.15, 0.2) is 0 Å². The smallest absolute Gasteiger partial charge is 0.130 e. The van der Waals surface area contributed by atoms with Crippen LogP contribution in [0.2, 0.25) is 0 Å². The van der Waals surface area contributed by atoms with Gasteiger partial charge in [0.1, 0.15) is 11.6 Å². The Morgan fingerprint density at radius 1 is 1.38 bits per heavy atom. The lowest BCUT2D eigenvalue weighted by molar-refractivity contribution is 0.635. The second-order valence-corrected chi connectivity index (χ2v) is 6.57. The molecule has 0 aromatic carbocycles. The Balaban J connectivity index is 2.11. The molecule has 88 valence electrons. The number of hydrogen-bond acceptors (Lipinski definition) is 4. The number of anilines is 2. The van der Waals surface area contributed by atoms with Crippen molar-refractivity contribution in [1.82, 2.24) is 4.98 Å². The van der Waals surface area contributed by atoms with Crippen molar-refractivity contribution >= 4 is 23.4 Å². The Morgan fingerprint density at radius 3 is 2.94 bits per heavy atom. The first kappa shape index (κ1) is 11.6. The Hall–Kier alpha value is -0.900. The number of pyridine rings is 1. The van der Waals surface area contributed by atoms with E-state index < -0.39 is 0 Å². The summed E-state index contributed by atoms with van der Waals surface area (Å²) in [6.45, 7) is 6.75. The van der Waals surface area contributed by atoms with Crippen LogP contribution in [0.15, 0.2) is 18.2 Å². The third-order valence-electron chi connectivity index (χ3n) is 2.92. The van der Waals surface area contributed by atoms with Gasteiger partial charge in [0.05, 0.1) is 0 Å². The fourth-order valence-electron chi connectivity index (χ4n) is 1.87. The molecule has 0 radical (unpaired) electrons. The highest BCUT2D eigenvalue weighted by Crippen LogP contribution is 2.31. The summed E-state index contributed by atoms with van der Waals surface area (Å²) < 4.78 is 0.384. The summed E-state index contributed by atoms with van der Waals surface area (Å²) >= 11 is 2.04. The summed E-state index contributed by atoms with van der Waals surface area (Å²) in [5.41, 5.74) is 5.71. The van der Waals surface area contributed by atoms with Gasteiger partial charge in [-0.05, 0) is 18.6 Å². The Morgan fingerprint density at radius 2 is 2.19 bits per heavy atom. The zero-order valence-corrected chi connectivity index (χ0v) is 10.8. The normalized spacial score (nSPS) is 20.5. The van der Waals surface area contributed by atoms with Crippen molar-refractivity contribution in [1.29, 1.82) is 0 Å². The van der Waals surface area contributed by atoms with Crippen LogP contribution >= 0.6 is 11.8 Å². The number of nitrogens with two attached hydrogens (primary N) is 1. The average molecular weight is 237 g/mol. The number of rotatable bonds is 1. The van der Waals surface area contributed by atoms with Crippen molar-refractivity contribution in [2.24, 2.45) is 0 Å². The number of nitrogens with zero attached hydrogens (tertiary/aromatic N) is 2. The zero-order chi connectivity index (χ0) is 11.6. The van der Waals surface area contributed by atoms with Gasteiger partial charge in [0.25, 0.3) is 0 Å². The molecule has 1 aromatic rings. The van der Waals surface area contributed by atoms with Crippen LogP contribution in [-0.2, 0) is 0 Å². The molecule has 2 heterocycles. The minimum Gasteiger partial charge on any atom is -0.384 e. The highest BCUT2D eigenvalue weighted by atomic mass is 32.2. The molecular weight excluding hydrogens is 218 g/mol. The summed E-state index contributed by atoms with van der Waals surface area (Å²) in [6.07, 6.45) is 1.19. The SMILES string of the molecule is CC1(C)CCN(c2cccc(N)n2)CCS1. The molecule has 1 fully saturated rings. The quantitative estimate of drug-likeness (QED) is 0.814. The van der Waals surface area contributed by atoms with E-state index in [1.54, 1.807) is 0 Å². The zero-order valence-electron chi connectivity index (χ0n) is 9.94. The summed E-state index contributed by atoms with van der Waals surface area (Å²) in [5.74, 6) is 2.77. The Kier molecular flexibility index (Phi) is 3.28. The van der Waals surface area contributed by atoms with Crippen molar-refractivity contribution < 1.29 is 0 Å². The molecule has 2 N–H and O–H groups in total. The molecule has 0 atom stereocenters. The Bertz CT molecular complexity index is 365. The van der Waals surface area contributed by atoms with Crippen LogP contribution in [0.1, 0.15) is 20.3 Å². The first-order valence-corrected chi connectivity index (χ1v) is 6.67. The minimum absolute atomic E-state index is 0.384. The van der Waals surface area contributed by atoms with Crippen molar-refractivity contribution in [3.63, 3.8) is 0 Å². The second kappa shape index (κ2) is 4.53. The number of thioether (sulfide) groups is 1. The maximum atomic E-state index is 5.71. The van der Waals surface area contributed by atoms with Gasteiger partial charge in [0.2, 0.25) is 0 Å². The predicted octanol–water partition coefficient (Wildman–Crippen LogP) is 2.39. The van der Waals surface area contributed by atoms with Crippen molar-refractivity contribution in [2.45, 2.75) is 25.0 Å². The molecule has 16 heavy (non-hydrogen) atoms. The van der Waals surface area contributed by atoms with Gasteiger partial charge in [-0.15, -0.1) is 0 Å². The van der Waals surface area contributed by atoms with Crippen LogP contribution in [0.5, 0.6) is 0 Å². The van der Waals surface area contributed by atoms with E-state index in [1.807, 2.05) is 30.0 Å². The van der Waals surface area contributed by atoms with Gasteiger partial charge in [-0.1, -0.05) is 19.9 Å². The second-order valence-electron chi connectivity index (χ2n) is 4.77. The highest BCUT2D eigenvalue weighted by molar-refractivity contribution is 8.00. The molecule has 0 bridgehead atoms. The molecule has 4 heteroatoms. The molecule has 1 aromatic heterocycles. The minimum atomic E-state index is 0.384. The van der Waals surface area contributed by atoms with Gasteiger partial charge < -0.3 is 10.6 Å². The lowest BCUT2D eigenvalue weighted by Crippen LogP contribution is -2.27.